The van der Waals surface area contributed by atoms with Crippen molar-refractivity contribution in [2.45, 2.75) is 6.10 Å². The first kappa shape index (κ1) is 4.15. The maximum Gasteiger partial charge on any atom is 0.121 e. The van der Waals surface area contributed by atoms with Gasteiger partial charge in [-0.15, -0.1) is 0 Å². The lowest BCUT2D eigenvalue weighted by molar-refractivity contribution is 0.412. The van der Waals surface area contributed by atoms with Crippen molar-refractivity contribution in [2.24, 2.45) is 0 Å². The topological polar surface area (TPSA) is 28.3 Å². The lowest BCUT2D eigenvalue weighted by Crippen LogP contribution is -1.75. The highest BCUT2D eigenvalue weighted by Gasteiger charge is 2.24. The van der Waals surface area contributed by atoms with E-state index in [1.54, 1.807) is 0 Å². The number of nitrogens with one attached hydrogen (secondary N) is 1. The third-order valence-electron chi connectivity index (χ3n) is 1.30. The summed E-state index contributed by atoms with van der Waals surface area (Å²) in [6.45, 7) is 0.889. The van der Waals surface area contributed by atoms with Gasteiger partial charge in [-0.25, -0.2) is 0 Å². The smallest absolute Gasteiger partial charge is 0.121 e. The van der Waals surface area contributed by atoms with Gasteiger partial charge in [0, 0.05) is 11.9 Å². The van der Waals surface area contributed by atoms with Crippen molar-refractivity contribution in [3.8, 4) is 0 Å². The molecule has 0 spiro atoms. The lowest BCUT2D eigenvalue weighted by atomic mass is 10.3. The Labute approximate surface area is 47.5 Å². The van der Waals surface area contributed by atoms with Crippen molar-refractivity contribution >= 4 is 0 Å². The van der Waals surface area contributed by atoms with E-state index < -0.39 is 0 Å². The number of rotatable bonds is 1. The highest BCUT2D eigenvalue weighted by molar-refractivity contribution is 5.10. The predicted molar refractivity (Wildman–Crippen MR) is 29.5 cm³/mol. The van der Waals surface area contributed by atoms with E-state index in [0.717, 1.165) is 6.61 Å². The summed E-state index contributed by atoms with van der Waals surface area (Å²) in [4.78, 5) is 3.07. The van der Waals surface area contributed by atoms with Crippen LogP contribution in [0.1, 0.15) is 11.8 Å². The number of hydrogen-bond donors (Lipinski definition) is 1. The molecule has 1 atom stereocenters. The second kappa shape index (κ2) is 1.36. The minimum Gasteiger partial charge on any atom is -0.366 e. The molecule has 1 fully saturated rings. The van der Waals surface area contributed by atoms with Crippen LogP contribution in [0.25, 0.3) is 0 Å². The highest BCUT2D eigenvalue weighted by Crippen LogP contribution is 2.27. The average molecular weight is 109 g/mol. The molecule has 1 saturated heterocycles. The van der Waals surface area contributed by atoms with Crippen LogP contribution in [-0.2, 0) is 4.74 Å². The molecule has 2 nitrogen and oxygen atoms in total. The Hall–Kier alpha value is -0.760. The van der Waals surface area contributed by atoms with Crippen LogP contribution in [0.3, 0.4) is 0 Å². The number of aromatic amines is 1. The van der Waals surface area contributed by atoms with Gasteiger partial charge in [-0.2, -0.15) is 0 Å². The molecule has 0 aromatic carbocycles. The van der Waals surface area contributed by atoms with Crippen molar-refractivity contribution in [3.63, 3.8) is 0 Å². The number of hydrogen-bond acceptors (Lipinski definition) is 1. The summed E-state index contributed by atoms with van der Waals surface area (Å²) in [5.74, 6) is 0. The van der Waals surface area contributed by atoms with Crippen molar-refractivity contribution in [3.05, 3.63) is 24.0 Å². The van der Waals surface area contributed by atoms with Crippen molar-refractivity contribution in [1.82, 2.24) is 4.98 Å². The Morgan fingerprint density at radius 1 is 1.75 bits per heavy atom. The molecule has 1 aliphatic heterocycles. The van der Waals surface area contributed by atoms with Crippen molar-refractivity contribution in [1.29, 1.82) is 0 Å². The summed E-state index contributed by atoms with van der Waals surface area (Å²) < 4.78 is 5.02. The third kappa shape index (κ3) is 0.537. The second-order valence-corrected chi connectivity index (χ2v) is 1.95. The van der Waals surface area contributed by atoms with E-state index in [-0.39, 0.29) is 0 Å². The number of ether oxygens (including phenoxy) is 1. The van der Waals surface area contributed by atoms with Gasteiger partial charge >= 0.3 is 0 Å². The Kier molecular flexibility index (Phi) is 0.704. The summed E-state index contributed by atoms with van der Waals surface area (Å²) in [6, 6.07) is 4.02. The SMILES string of the molecule is c1c[nH]c(C2CO2)c1. The Balaban J connectivity index is 2.28. The quantitative estimate of drug-likeness (QED) is 0.537. The molecular formula is C6H7NO. The van der Waals surface area contributed by atoms with E-state index in [9.17, 15) is 0 Å². The maximum atomic E-state index is 5.02. The molecular weight excluding hydrogens is 102 g/mol. The van der Waals surface area contributed by atoms with Crippen molar-refractivity contribution in [2.75, 3.05) is 6.61 Å². The van der Waals surface area contributed by atoms with Crippen LogP contribution in [0, 0.1) is 0 Å². The Morgan fingerprint density at radius 3 is 3.12 bits per heavy atom. The Bertz CT molecular complexity index is 165. The minimum atomic E-state index is 0.380. The number of epoxide rings is 1. The molecule has 2 heteroatoms. The Morgan fingerprint density at radius 2 is 2.62 bits per heavy atom. The zero-order valence-electron chi connectivity index (χ0n) is 4.42. The van der Waals surface area contributed by atoms with Crippen LogP contribution in [0.4, 0.5) is 0 Å². The molecule has 0 radical (unpaired) electrons. The minimum absolute atomic E-state index is 0.380. The normalized spacial score (nSPS) is 25.8. The number of aromatic nitrogens is 1. The van der Waals surface area contributed by atoms with Gasteiger partial charge < -0.3 is 9.72 Å². The van der Waals surface area contributed by atoms with E-state index in [1.807, 2.05) is 18.3 Å². The fraction of sp³-hybridized carbons (Fsp3) is 0.333. The van der Waals surface area contributed by atoms with Crippen LogP contribution < -0.4 is 0 Å². The van der Waals surface area contributed by atoms with E-state index in [0.29, 0.717) is 6.10 Å². The predicted octanol–water partition coefficient (Wildman–Crippen LogP) is 1.09. The van der Waals surface area contributed by atoms with Crippen LogP contribution in [0.2, 0.25) is 0 Å². The largest absolute Gasteiger partial charge is 0.366 e. The summed E-state index contributed by atoms with van der Waals surface area (Å²) in [5, 5.41) is 0. The molecule has 0 aliphatic carbocycles. The molecule has 1 N–H and O–H groups in total. The molecule has 8 heavy (non-hydrogen) atoms. The molecule has 1 unspecified atom stereocenters. The number of H-pyrrole nitrogens is 1. The van der Waals surface area contributed by atoms with E-state index in [1.165, 1.54) is 5.69 Å². The van der Waals surface area contributed by atoms with Gasteiger partial charge in [0.15, 0.2) is 0 Å². The molecule has 1 aliphatic rings. The van der Waals surface area contributed by atoms with Gasteiger partial charge in [0.05, 0.1) is 6.61 Å². The summed E-state index contributed by atoms with van der Waals surface area (Å²) in [7, 11) is 0. The molecule has 2 heterocycles. The zero-order chi connectivity index (χ0) is 5.40. The van der Waals surface area contributed by atoms with Gasteiger partial charge in [-0.3, -0.25) is 0 Å². The van der Waals surface area contributed by atoms with Crippen LogP contribution >= 0.6 is 0 Å². The molecule has 1 aromatic rings. The summed E-state index contributed by atoms with van der Waals surface area (Å²) >= 11 is 0. The molecule has 2 rings (SSSR count). The van der Waals surface area contributed by atoms with Gasteiger partial charge in [0.2, 0.25) is 0 Å². The standard InChI is InChI=1S/C6H7NO/c1-2-5(7-3-1)6-4-8-6/h1-3,6-7H,4H2. The fourth-order valence-corrected chi connectivity index (χ4v) is 0.772. The van der Waals surface area contributed by atoms with Gasteiger partial charge in [0.25, 0.3) is 0 Å². The first-order chi connectivity index (χ1) is 3.97. The monoisotopic (exact) mass is 109 g/mol. The van der Waals surface area contributed by atoms with Crippen LogP contribution in [0.5, 0.6) is 0 Å². The molecule has 1 aromatic heterocycles. The fourth-order valence-electron chi connectivity index (χ4n) is 0.772. The molecule has 0 saturated carbocycles. The zero-order valence-corrected chi connectivity index (χ0v) is 4.42. The second-order valence-electron chi connectivity index (χ2n) is 1.95. The van der Waals surface area contributed by atoms with Gasteiger partial charge in [-0.05, 0) is 12.1 Å². The summed E-state index contributed by atoms with van der Waals surface area (Å²) in [5.41, 5.74) is 1.20. The van der Waals surface area contributed by atoms with Crippen LogP contribution in [-0.4, -0.2) is 11.6 Å². The van der Waals surface area contributed by atoms with E-state index in [2.05, 4.69) is 4.98 Å². The maximum absolute atomic E-state index is 5.02. The first-order valence-electron chi connectivity index (χ1n) is 2.72. The first-order valence-corrected chi connectivity index (χ1v) is 2.72. The average Bonchev–Trinajstić information content (AvgIpc) is 2.49. The van der Waals surface area contributed by atoms with Crippen molar-refractivity contribution < 1.29 is 4.74 Å². The van der Waals surface area contributed by atoms with Crippen LogP contribution in [0.15, 0.2) is 18.3 Å². The highest BCUT2D eigenvalue weighted by atomic mass is 16.6. The third-order valence-corrected chi connectivity index (χ3v) is 1.30. The van der Waals surface area contributed by atoms with E-state index in [4.69, 9.17) is 4.74 Å². The lowest BCUT2D eigenvalue weighted by Gasteiger charge is -1.81. The van der Waals surface area contributed by atoms with Gasteiger partial charge in [-0.1, -0.05) is 0 Å². The molecule has 0 bridgehead atoms. The van der Waals surface area contributed by atoms with E-state index >= 15 is 0 Å². The molecule has 0 amide bonds. The molecule has 42 valence electrons. The van der Waals surface area contributed by atoms with Gasteiger partial charge in [0.1, 0.15) is 6.10 Å². The summed E-state index contributed by atoms with van der Waals surface area (Å²) in [6.07, 6.45) is 2.29.